The van der Waals surface area contributed by atoms with Gasteiger partial charge in [-0.3, -0.25) is 4.79 Å². The topological polar surface area (TPSA) is 75.2 Å². The number of rotatable bonds is 3. The Morgan fingerprint density at radius 2 is 2.14 bits per heavy atom. The van der Waals surface area contributed by atoms with Gasteiger partial charge in [-0.25, -0.2) is 4.99 Å². The van der Waals surface area contributed by atoms with Crippen molar-refractivity contribution in [2.45, 2.75) is 39.2 Å². The molecule has 2 fully saturated rings. The average molecular weight is 386 g/mol. The molecule has 1 aromatic carbocycles. The van der Waals surface area contributed by atoms with E-state index in [0.717, 1.165) is 68.5 Å². The lowest BCUT2D eigenvalue weighted by Crippen LogP contribution is -2.51. The van der Waals surface area contributed by atoms with Gasteiger partial charge in [0.2, 0.25) is 5.91 Å². The van der Waals surface area contributed by atoms with Crippen molar-refractivity contribution in [2.24, 2.45) is 10.4 Å². The quantitative estimate of drug-likeness (QED) is 0.613. The van der Waals surface area contributed by atoms with Gasteiger partial charge in [0.1, 0.15) is 0 Å². The molecule has 4 rings (SSSR count). The smallest absolute Gasteiger partial charge is 0.220 e. The van der Waals surface area contributed by atoms with E-state index < -0.39 is 0 Å². The van der Waals surface area contributed by atoms with E-state index >= 15 is 0 Å². The summed E-state index contributed by atoms with van der Waals surface area (Å²) < 4.78 is 11.5. The van der Waals surface area contributed by atoms with Gasteiger partial charge in [0, 0.05) is 44.4 Å². The molecule has 1 unspecified atom stereocenters. The van der Waals surface area contributed by atoms with E-state index in [-0.39, 0.29) is 11.3 Å². The standard InChI is InChI=1S/C21H30N4O3/c1-2-22-20(25-8-3-7-21(15-25)12-19(26)24-14-21)23-13-16-5-6-17-18(11-16)28-10-4-9-27-17/h5-6,11H,2-4,7-10,12-15H2,1H3,(H,22,23)(H,24,26). The van der Waals surface area contributed by atoms with E-state index in [1.807, 2.05) is 12.1 Å². The fraction of sp³-hybridized carbons (Fsp3) is 0.619. The Hall–Kier alpha value is -2.44. The van der Waals surface area contributed by atoms with Crippen LogP contribution in [0.25, 0.3) is 0 Å². The van der Waals surface area contributed by atoms with Gasteiger partial charge < -0.3 is 25.0 Å². The Balaban J connectivity index is 1.47. The van der Waals surface area contributed by atoms with Crippen molar-refractivity contribution in [1.82, 2.24) is 15.5 Å². The van der Waals surface area contributed by atoms with Crippen molar-refractivity contribution in [2.75, 3.05) is 39.4 Å². The Labute approximate surface area is 166 Å². The fourth-order valence-corrected chi connectivity index (χ4v) is 4.33. The first-order chi connectivity index (χ1) is 13.7. The first-order valence-electron chi connectivity index (χ1n) is 10.4. The first kappa shape index (κ1) is 18.9. The molecule has 2 N–H and O–H groups in total. The maximum Gasteiger partial charge on any atom is 0.220 e. The van der Waals surface area contributed by atoms with Gasteiger partial charge >= 0.3 is 0 Å². The van der Waals surface area contributed by atoms with Gasteiger partial charge in [0.15, 0.2) is 17.5 Å². The maximum absolute atomic E-state index is 11.8. The van der Waals surface area contributed by atoms with Crippen molar-refractivity contribution in [3.8, 4) is 11.5 Å². The van der Waals surface area contributed by atoms with Crippen LogP contribution >= 0.6 is 0 Å². The molecule has 7 nitrogen and oxygen atoms in total. The molecule has 3 aliphatic rings. The zero-order chi connectivity index (χ0) is 19.4. The Morgan fingerprint density at radius 3 is 2.93 bits per heavy atom. The molecule has 7 heteroatoms. The summed E-state index contributed by atoms with van der Waals surface area (Å²) in [5.74, 6) is 2.72. The highest BCUT2D eigenvalue weighted by Crippen LogP contribution is 2.36. The minimum atomic E-state index is 0.0563. The van der Waals surface area contributed by atoms with Crippen LogP contribution in [0, 0.1) is 5.41 Å². The predicted octanol–water partition coefficient (Wildman–Crippen LogP) is 1.92. The maximum atomic E-state index is 11.8. The van der Waals surface area contributed by atoms with E-state index in [4.69, 9.17) is 14.5 Å². The molecule has 0 saturated carbocycles. The highest BCUT2D eigenvalue weighted by atomic mass is 16.5. The highest BCUT2D eigenvalue weighted by Gasteiger charge is 2.42. The molecule has 0 radical (unpaired) electrons. The monoisotopic (exact) mass is 386 g/mol. The molecular formula is C21H30N4O3. The first-order valence-corrected chi connectivity index (χ1v) is 10.4. The molecule has 28 heavy (non-hydrogen) atoms. The summed E-state index contributed by atoms with van der Waals surface area (Å²) in [6.45, 7) is 7.50. The largest absolute Gasteiger partial charge is 0.490 e. The van der Waals surface area contributed by atoms with Crippen LogP contribution in [0.3, 0.4) is 0 Å². The van der Waals surface area contributed by atoms with Crippen LogP contribution in [0.1, 0.15) is 38.2 Å². The molecular weight excluding hydrogens is 356 g/mol. The van der Waals surface area contributed by atoms with E-state index in [0.29, 0.717) is 26.2 Å². The SMILES string of the molecule is CCNC(=NCc1ccc2c(c1)OCCCO2)N1CCCC2(CNC(=O)C2)C1. The summed E-state index contributed by atoms with van der Waals surface area (Å²) >= 11 is 0. The molecule has 3 aliphatic heterocycles. The number of amides is 1. The number of likely N-dealkylation sites (tertiary alicyclic amines) is 1. The van der Waals surface area contributed by atoms with E-state index in [1.54, 1.807) is 0 Å². The summed E-state index contributed by atoms with van der Waals surface area (Å²) in [5, 5.41) is 6.44. The number of hydrogen-bond donors (Lipinski definition) is 2. The molecule has 152 valence electrons. The lowest BCUT2D eigenvalue weighted by molar-refractivity contribution is -0.119. The van der Waals surface area contributed by atoms with Gasteiger partial charge in [-0.2, -0.15) is 0 Å². The zero-order valence-electron chi connectivity index (χ0n) is 16.6. The van der Waals surface area contributed by atoms with Gasteiger partial charge in [0.25, 0.3) is 0 Å². The number of aliphatic imine (C=N–C) groups is 1. The van der Waals surface area contributed by atoms with Crippen LogP contribution in [0.5, 0.6) is 11.5 Å². The molecule has 2 saturated heterocycles. The van der Waals surface area contributed by atoms with Crippen molar-refractivity contribution in [3.05, 3.63) is 23.8 Å². The number of guanidine groups is 1. The van der Waals surface area contributed by atoms with Gasteiger partial charge in [-0.15, -0.1) is 0 Å². The second-order valence-corrected chi connectivity index (χ2v) is 7.98. The van der Waals surface area contributed by atoms with Crippen LogP contribution < -0.4 is 20.1 Å². The van der Waals surface area contributed by atoms with Crippen molar-refractivity contribution in [3.63, 3.8) is 0 Å². The summed E-state index contributed by atoms with van der Waals surface area (Å²) in [7, 11) is 0. The number of hydrogen-bond acceptors (Lipinski definition) is 4. The van der Waals surface area contributed by atoms with E-state index in [9.17, 15) is 4.79 Å². The predicted molar refractivity (Wildman–Crippen MR) is 108 cm³/mol. The third kappa shape index (κ3) is 4.18. The number of carbonyl (C=O) groups excluding carboxylic acids is 1. The Kier molecular flexibility index (Phi) is 5.59. The van der Waals surface area contributed by atoms with Crippen LogP contribution in [-0.2, 0) is 11.3 Å². The van der Waals surface area contributed by atoms with Gasteiger partial charge in [-0.05, 0) is 37.5 Å². The number of nitrogens with zero attached hydrogens (tertiary/aromatic N) is 2. The molecule has 0 bridgehead atoms. The van der Waals surface area contributed by atoms with Crippen LogP contribution in [0.2, 0.25) is 0 Å². The van der Waals surface area contributed by atoms with Crippen LogP contribution in [0.15, 0.2) is 23.2 Å². The number of carbonyl (C=O) groups is 1. The summed E-state index contributed by atoms with van der Waals surface area (Å²) in [5.41, 5.74) is 1.16. The number of piperidine rings is 1. The molecule has 3 heterocycles. The fourth-order valence-electron chi connectivity index (χ4n) is 4.33. The summed E-state index contributed by atoms with van der Waals surface area (Å²) in [6, 6.07) is 6.06. The third-order valence-corrected chi connectivity index (χ3v) is 5.72. The zero-order valence-corrected chi connectivity index (χ0v) is 16.6. The van der Waals surface area contributed by atoms with Crippen LogP contribution in [-0.4, -0.2) is 56.2 Å². The van der Waals surface area contributed by atoms with Crippen molar-refractivity contribution >= 4 is 11.9 Å². The summed E-state index contributed by atoms with van der Waals surface area (Å²) in [6.07, 6.45) is 3.72. The second-order valence-electron chi connectivity index (χ2n) is 7.98. The highest BCUT2D eigenvalue weighted by molar-refractivity contribution is 5.81. The molecule has 1 aromatic rings. The van der Waals surface area contributed by atoms with E-state index in [2.05, 4.69) is 28.5 Å². The lowest BCUT2D eigenvalue weighted by atomic mass is 9.79. The number of benzene rings is 1. The minimum Gasteiger partial charge on any atom is -0.490 e. The number of nitrogens with one attached hydrogen (secondary N) is 2. The van der Waals surface area contributed by atoms with E-state index in [1.165, 1.54) is 0 Å². The normalized spacial score (nSPS) is 24.8. The number of ether oxygens (including phenoxy) is 2. The molecule has 1 spiro atoms. The molecule has 0 aromatic heterocycles. The lowest BCUT2D eigenvalue weighted by Gasteiger charge is -2.40. The molecule has 0 aliphatic carbocycles. The Morgan fingerprint density at radius 1 is 1.29 bits per heavy atom. The van der Waals surface area contributed by atoms with Crippen molar-refractivity contribution in [1.29, 1.82) is 0 Å². The minimum absolute atomic E-state index is 0.0563. The number of fused-ring (bicyclic) bond motifs is 1. The Bertz CT molecular complexity index is 751. The van der Waals surface area contributed by atoms with Crippen molar-refractivity contribution < 1.29 is 14.3 Å². The van der Waals surface area contributed by atoms with Gasteiger partial charge in [-0.1, -0.05) is 6.07 Å². The molecule has 1 amide bonds. The average Bonchev–Trinajstić information content (AvgIpc) is 2.91. The third-order valence-electron chi connectivity index (χ3n) is 5.72. The van der Waals surface area contributed by atoms with Gasteiger partial charge in [0.05, 0.1) is 19.8 Å². The van der Waals surface area contributed by atoms with Crippen LogP contribution in [0.4, 0.5) is 0 Å². The second kappa shape index (κ2) is 8.29. The molecule has 1 atom stereocenters. The summed E-state index contributed by atoms with van der Waals surface area (Å²) in [4.78, 5) is 19.0.